The van der Waals surface area contributed by atoms with Crippen molar-refractivity contribution in [1.82, 2.24) is 14.3 Å². The summed E-state index contributed by atoms with van der Waals surface area (Å²) in [6, 6.07) is 31.4. The molecule has 0 saturated heterocycles. The van der Waals surface area contributed by atoms with E-state index in [9.17, 15) is 13.2 Å². The molecule has 1 heterocycles. The van der Waals surface area contributed by atoms with Crippen LogP contribution in [0, 0.1) is 6.92 Å². The Labute approximate surface area is 232 Å². The molecule has 0 bridgehead atoms. The smallest absolute Gasteiger partial charge is 0.265 e. The van der Waals surface area contributed by atoms with Gasteiger partial charge in [-0.05, 0) is 53.9 Å². The first-order chi connectivity index (χ1) is 16.9. The number of imidazole rings is 1. The molecule has 36 heavy (non-hydrogen) atoms. The minimum absolute atomic E-state index is 0. The number of aromatic nitrogens is 2. The van der Waals surface area contributed by atoms with Gasteiger partial charge in [0.15, 0.2) is 0 Å². The Hall–Kier alpha value is -3.23. The molecular formula is C28H23N3NaO3S. The van der Waals surface area contributed by atoms with Crippen molar-refractivity contribution >= 4 is 56.5 Å². The van der Waals surface area contributed by atoms with E-state index in [2.05, 4.69) is 46.1 Å². The third kappa shape index (κ3) is 5.44. The number of carbonyl (C=O) groups excluding carboxylic acids is 1. The molecule has 5 rings (SSSR count). The molecule has 1 amide bonds. The van der Waals surface area contributed by atoms with E-state index >= 15 is 0 Å². The molecule has 0 aliphatic rings. The molecule has 0 unspecified atom stereocenters. The van der Waals surface area contributed by atoms with Gasteiger partial charge in [-0.25, -0.2) is 18.1 Å². The molecule has 4 aromatic carbocycles. The normalized spacial score (nSPS) is 11.1. The van der Waals surface area contributed by atoms with Gasteiger partial charge < -0.3 is 4.57 Å². The number of rotatable bonds is 6. The SMILES string of the molecule is Cc1nc2ccc(C(=O)NS(=O)(=O)c3ccccc3)cc2n1Cc1ccc(-c2ccccc2)cc1.[Na]. The second kappa shape index (κ2) is 10.8. The number of amides is 1. The molecule has 0 spiro atoms. The van der Waals surface area contributed by atoms with E-state index < -0.39 is 15.9 Å². The predicted octanol–water partition coefficient (Wildman–Crippen LogP) is 4.80. The predicted molar refractivity (Wildman–Crippen MR) is 142 cm³/mol. The fourth-order valence-electron chi connectivity index (χ4n) is 4.04. The Morgan fingerprint density at radius 1 is 0.833 bits per heavy atom. The summed E-state index contributed by atoms with van der Waals surface area (Å²) in [4.78, 5) is 17.5. The number of carbonyl (C=O) groups is 1. The monoisotopic (exact) mass is 504 g/mol. The van der Waals surface area contributed by atoms with Crippen molar-refractivity contribution in [3.8, 4) is 11.1 Å². The molecule has 1 aromatic heterocycles. The summed E-state index contributed by atoms with van der Waals surface area (Å²) >= 11 is 0. The van der Waals surface area contributed by atoms with Gasteiger partial charge in [-0.15, -0.1) is 0 Å². The molecule has 1 radical (unpaired) electrons. The van der Waals surface area contributed by atoms with Crippen LogP contribution in [-0.2, 0) is 16.6 Å². The number of nitrogens with zero attached hydrogens (tertiary/aromatic N) is 2. The van der Waals surface area contributed by atoms with Crippen molar-refractivity contribution < 1.29 is 13.2 Å². The van der Waals surface area contributed by atoms with Gasteiger partial charge in [0.25, 0.3) is 15.9 Å². The second-order valence-corrected chi connectivity index (χ2v) is 9.94. The van der Waals surface area contributed by atoms with E-state index in [4.69, 9.17) is 0 Å². The molecule has 0 aliphatic carbocycles. The third-order valence-corrected chi connectivity index (χ3v) is 7.23. The summed E-state index contributed by atoms with van der Waals surface area (Å²) in [5, 5.41) is 0. The number of hydrogen-bond acceptors (Lipinski definition) is 4. The van der Waals surface area contributed by atoms with Gasteiger partial charge in [-0.2, -0.15) is 0 Å². The van der Waals surface area contributed by atoms with Crippen LogP contribution in [0.1, 0.15) is 21.7 Å². The van der Waals surface area contributed by atoms with E-state index in [1.807, 2.05) is 29.7 Å². The average molecular weight is 505 g/mol. The standard InChI is InChI=1S/C28H23N3O3S.Na/c1-20-29-26-17-16-24(28(32)30-35(33,34)25-10-6-3-7-11-25)18-27(26)31(20)19-21-12-14-23(15-13-21)22-8-4-2-5-9-22;/h2-18H,19H2,1H3,(H,30,32);. The van der Waals surface area contributed by atoms with Crippen molar-refractivity contribution in [3.63, 3.8) is 0 Å². The molecule has 1 N–H and O–H groups in total. The van der Waals surface area contributed by atoms with Crippen LogP contribution in [0.15, 0.2) is 108 Å². The van der Waals surface area contributed by atoms with Crippen molar-refractivity contribution in [2.24, 2.45) is 0 Å². The van der Waals surface area contributed by atoms with Crippen LogP contribution in [0.2, 0.25) is 0 Å². The Bertz CT molecular complexity index is 1620. The minimum Gasteiger partial charge on any atom is -0.324 e. The third-order valence-electron chi connectivity index (χ3n) is 5.88. The Morgan fingerprint density at radius 3 is 2.11 bits per heavy atom. The van der Waals surface area contributed by atoms with E-state index in [-0.39, 0.29) is 40.0 Å². The van der Waals surface area contributed by atoms with Crippen LogP contribution in [0.4, 0.5) is 0 Å². The number of fused-ring (bicyclic) bond motifs is 1. The van der Waals surface area contributed by atoms with Gasteiger partial charge in [0.05, 0.1) is 15.9 Å². The molecule has 0 saturated carbocycles. The van der Waals surface area contributed by atoms with E-state index in [1.54, 1.807) is 36.4 Å². The van der Waals surface area contributed by atoms with Crippen LogP contribution < -0.4 is 4.72 Å². The number of benzene rings is 4. The molecule has 5 aromatic rings. The summed E-state index contributed by atoms with van der Waals surface area (Å²) < 4.78 is 29.3. The van der Waals surface area contributed by atoms with E-state index in [1.165, 1.54) is 12.1 Å². The molecule has 0 aliphatic heterocycles. The van der Waals surface area contributed by atoms with Gasteiger partial charge in [0.2, 0.25) is 0 Å². The van der Waals surface area contributed by atoms with Gasteiger partial charge in [0, 0.05) is 41.7 Å². The number of sulfonamides is 1. The largest absolute Gasteiger partial charge is 0.324 e. The topological polar surface area (TPSA) is 81.1 Å². The quantitative estimate of drug-likeness (QED) is 0.337. The first-order valence-corrected chi connectivity index (χ1v) is 12.6. The summed E-state index contributed by atoms with van der Waals surface area (Å²) in [6.07, 6.45) is 0. The van der Waals surface area contributed by atoms with Crippen LogP contribution in [-0.4, -0.2) is 53.4 Å². The maximum absolute atomic E-state index is 12.8. The minimum atomic E-state index is -3.96. The van der Waals surface area contributed by atoms with Crippen LogP contribution in [0.25, 0.3) is 22.2 Å². The zero-order valence-electron chi connectivity index (χ0n) is 20.0. The zero-order chi connectivity index (χ0) is 24.4. The summed E-state index contributed by atoms with van der Waals surface area (Å²) in [5.74, 6) is 0.120. The summed E-state index contributed by atoms with van der Waals surface area (Å²) in [7, 11) is -3.96. The van der Waals surface area contributed by atoms with E-state index in [0.29, 0.717) is 6.54 Å². The number of aryl methyl sites for hydroxylation is 1. The maximum Gasteiger partial charge on any atom is 0.265 e. The fourth-order valence-corrected chi connectivity index (χ4v) is 5.03. The molecule has 0 fully saturated rings. The molecule has 0 atom stereocenters. The molecule has 6 nitrogen and oxygen atoms in total. The van der Waals surface area contributed by atoms with Gasteiger partial charge in [0.1, 0.15) is 5.82 Å². The van der Waals surface area contributed by atoms with Crippen molar-refractivity contribution in [1.29, 1.82) is 0 Å². The zero-order valence-corrected chi connectivity index (χ0v) is 22.9. The van der Waals surface area contributed by atoms with Crippen molar-refractivity contribution in [2.75, 3.05) is 0 Å². The first kappa shape index (κ1) is 25.9. The van der Waals surface area contributed by atoms with Crippen LogP contribution >= 0.6 is 0 Å². The molecular weight excluding hydrogens is 481 g/mol. The van der Waals surface area contributed by atoms with Crippen molar-refractivity contribution in [2.45, 2.75) is 18.4 Å². The van der Waals surface area contributed by atoms with Gasteiger partial charge >= 0.3 is 0 Å². The maximum atomic E-state index is 12.8. The number of nitrogens with one attached hydrogen (secondary N) is 1. The molecule has 175 valence electrons. The van der Waals surface area contributed by atoms with Crippen LogP contribution in [0.5, 0.6) is 0 Å². The molecule has 8 heteroatoms. The average Bonchev–Trinajstić information content (AvgIpc) is 3.19. The summed E-state index contributed by atoms with van der Waals surface area (Å²) in [5.41, 5.74) is 5.14. The van der Waals surface area contributed by atoms with Crippen molar-refractivity contribution in [3.05, 3.63) is 120 Å². The Kier molecular flexibility index (Phi) is 7.76. The second-order valence-electron chi connectivity index (χ2n) is 8.26. The Morgan fingerprint density at radius 2 is 1.44 bits per heavy atom. The fraction of sp³-hybridized carbons (Fsp3) is 0.0714. The van der Waals surface area contributed by atoms with E-state index in [0.717, 1.165) is 33.5 Å². The first-order valence-electron chi connectivity index (χ1n) is 11.1. The Balaban J connectivity index is 0.00000304. The van der Waals surface area contributed by atoms with Crippen LogP contribution in [0.3, 0.4) is 0 Å². The van der Waals surface area contributed by atoms with Gasteiger partial charge in [-0.1, -0.05) is 72.8 Å². The summed E-state index contributed by atoms with van der Waals surface area (Å²) in [6.45, 7) is 2.49. The number of hydrogen-bond donors (Lipinski definition) is 1. The van der Waals surface area contributed by atoms with Gasteiger partial charge in [-0.3, -0.25) is 4.79 Å².